The van der Waals surface area contributed by atoms with Crippen LogP contribution in [0.5, 0.6) is 0 Å². The van der Waals surface area contributed by atoms with Gasteiger partial charge in [-0.1, -0.05) is 6.07 Å². The molecular weight excluding hydrogens is 412 g/mol. The van der Waals surface area contributed by atoms with Crippen molar-refractivity contribution >= 4 is 55.1 Å². The van der Waals surface area contributed by atoms with Gasteiger partial charge in [0.1, 0.15) is 5.69 Å². The Labute approximate surface area is 135 Å². The summed E-state index contributed by atoms with van der Waals surface area (Å²) in [6, 6.07) is 4.76. The Bertz CT molecular complexity index is 655. The second kappa shape index (κ2) is 6.47. The van der Waals surface area contributed by atoms with E-state index in [0.717, 1.165) is 13.1 Å². The van der Waals surface area contributed by atoms with Crippen LogP contribution in [0.4, 0.5) is 0 Å². The molecule has 0 unspecified atom stereocenters. The molecular formula is C12H8Br2N2O3S. The molecule has 2 aromatic heterocycles. The van der Waals surface area contributed by atoms with Crippen molar-refractivity contribution < 1.29 is 14.7 Å². The van der Waals surface area contributed by atoms with Crippen molar-refractivity contribution in [1.82, 2.24) is 10.3 Å². The van der Waals surface area contributed by atoms with Crippen LogP contribution < -0.4 is 5.32 Å². The number of carboxylic acid groups (broad SMARTS) is 1. The molecule has 0 saturated carbocycles. The van der Waals surface area contributed by atoms with Gasteiger partial charge in [0.05, 0.1) is 13.1 Å². The van der Waals surface area contributed by atoms with Gasteiger partial charge < -0.3 is 10.4 Å². The summed E-state index contributed by atoms with van der Waals surface area (Å²) < 4.78 is 1.61. The Morgan fingerprint density at radius 2 is 2.10 bits per heavy atom. The van der Waals surface area contributed by atoms with Crippen LogP contribution >= 0.6 is 43.2 Å². The third-order valence-corrected chi connectivity index (χ3v) is 4.74. The first-order chi connectivity index (χ1) is 9.47. The Morgan fingerprint density at radius 3 is 2.60 bits per heavy atom. The summed E-state index contributed by atoms with van der Waals surface area (Å²) in [7, 11) is 0. The average molecular weight is 420 g/mol. The molecule has 20 heavy (non-hydrogen) atoms. The van der Waals surface area contributed by atoms with E-state index < -0.39 is 5.97 Å². The predicted molar refractivity (Wildman–Crippen MR) is 82.1 cm³/mol. The fraction of sp³-hybridized carbons (Fsp3) is 0.0833. The van der Waals surface area contributed by atoms with E-state index in [1.165, 1.54) is 23.6 Å². The standard InChI is InChI=1S/C12H8Br2N2O3S/c13-9-3-7(10(14)20-9)11(17)16-5-6-1-2-8(12(18)19)15-4-6/h1-4H,5H2,(H,16,17)(H,18,19). The molecule has 1 amide bonds. The molecule has 0 aliphatic rings. The van der Waals surface area contributed by atoms with E-state index in [-0.39, 0.29) is 18.1 Å². The third-order valence-electron chi connectivity index (χ3n) is 2.40. The fourth-order valence-corrected chi connectivity index (χ4v) is 4.22. The van der Waals surface area contributed by atoms with Crippen LogP contribution in [0.15, 0.2) is 32.0 Å². The highest BCUT2D eigenvalue weighted by Crippen LogP contribution is 2.31. The van der Waals surface area contributed by atoms with E-state index in [2.05, 4.69) is 42.2 Å². The van der Waals surface area contributed by atoms with Gasteiger partial charge in [-0.3, -0.25) is 4.79 Å². The molecule has 0 radical (unpaired) electrons. The van der Waals surface area contributed by atoms with E-state index in [4.69, 9.17) is 5.11 Å². The van der Waals surface area contributed by atoms with E-state index in [0.29, 0.717) is 5.56 Å². The van der Waals surface area contributed by atoms with Gasteiger partial charge in [-0.2, -0.15) is 0 Å². The Kier molecular flexibility index (Phi) is 4.90. The van der Waals surface area contributed by atoms with Gasteiger partial charge in [-0.15, -0.1) is 11.3 Å². The number of carbonyl (C=O) groups excluding carboxylic acids is 1. The van der Waals surface area contributed by atoms with Crippen LogP contribution in [0.3, 0.4) is 0 Å². The van der Waals surface area contributed by atoms with Gasteiger partial charge in [-0.05, 0) is 49.6 Å². The van der Waals surface area contributed by atoms with Crippen molar-refractivity contribution in [2.75, 3.05) is 0 Å². The largest absolute Gasteiger partial charge is 0.477 e. The molecule has 2 aromatic rings. The van der Waals surface area contributed by atoms with Crippen LogP contribution in [0.1, 0.15) is 26.4 Å². The van der Waals surface area contributed by atoms with Gasteiger partial charge in [0.15, 0.2) is 0 Å². The molecule has 0 aromatic carbocycles. The fourth-order valence-electron chi connectivity index (χ4n) is 1.43. The summed E-state index contributed by atoms with van der Waals surface area (Å²) in [5, 5.41) is 11.5. The lowest BCUT2D eigenvalue weighted by atomic mass is 10.2. The maximum Gasteiger partial charge on any atom is 0.354 e. The lowest BCUT2D eigenvalue weighted by Crippen LogP contribution is -2.22. The first-order valence-electron chi connectivity index (χ1n) is 5.38. The minimum atomic E-state index is -1.08. The van der Waals surface area contributed by atoms with Crippen LogP contribution in [0.25, 0.3) is 0 Å². The highest BCUT2D eigenvalue weighted by Gasteiger charge is 2.13. The number of amides is 1. The number of rotatable bonds is 4. The number of hydrogen-bond acceptors (Lipinski definition) is 4. The van der Waals surface area contributed by atoms with E-state index in [1.54, 1.807) is 12.1 Å². The molecule has 0 aliphatic heterocycles. The normalized spacial score (nSPS) is 10.3. The lowest BCUT2D eigenvalue weighted by Gasteiger charge is -2.04. The topological polar surface area (TPSA) is 79.3 Å². The number of halogens is 2. The van der Waals surface area contributed by atoms with Crippen molar-refractivity contribution in [2.45, 2.75) is 6.54 Å². The monoisotopic (exact) mass is 418 g/mol. The number of thiophene rings is 1. The molecule has 0 bridgehead atoms. The van der Waals surface area contributed by atoms with Crippen LogP contribution in [-0.4, -0.2) is 22.0 Å². The summed E-state index contributed by atoms with van der Waals surface area (Å²) in [5.74, 6) is -1.28. The van der Waals surface area contributed by atoms with Crippen LogP contribution in [0, 0.1) is 0 Å². The molecule has 2 rings (SSSR count). The summed E-state index contributed by atoms with van der Waals surface area (Å²) >= 11 is 8.05. The van der Waals surface area contributed by atoms with Gasteiger partial charge in [-0.25, -0.2) is 9.78 Å². The minimum Gasteiger partial charge on any atom is -0.477 e. The highest BCUT2D eigenvalue weighted by molar-refractivity contribution is 9.12. The highest BCUT2D eigenvalue weighted by atomic mass is 79.9. The van der Waals surface area contributed by atoms with Crippen LogP contribution in [0.2, 0.25) is 0 Å². The Morgan fingerprint density at radius 1 is 1.35 bits per heavy atom. The molecule has 8 heteroatoms. The summed E-state index contributed by atoms with van der Waals surface area (Å²) in [4.78, 5) is 26.4. The molecule has 0 atom stereocenters. The second-order valence-corrected chi connectivity index (χ2v) is 7.53. The van der Waals surface area contributed by atoms with E-state index >= 15 is 0 Å². The maximum absolute atomic E-state index is 12.0. The summed E-state index contributed by atoms with van der Waals surface area (Å²) in [5.41, 5.74) is 1.26. The SMILES string of the molecule is O=C(O)c1ccc(CNC(=O)c2cc(Br)sc2Br)cn1. The Hall–Kier alpha value is -1.25. The number of pyridine rings is 1. The molecule has 104 valence electrons. The zero-order valence-electron chi connectivity index (χ0n) is 9.89. The molecule has 0 fully saturated rings. The van der Waals surface area contributed by atoms with E-state index in [1.807, 2.05) is 0 Å². The van der Waals surface area contributed by atoms with E-state index in [9.17, 15) is 9.59 Å². The molecule has 0 saturated heterocycles. The Balaban J connectivity index is 2.00. The number of carbonyl (C=O) groups is 2. The third kappa shape index (κ3) is 3.65. The van der Waals surface area contributed by atoms with Gasteiger partial charge in [0, 0.05) is 12.7 Å². The van der Waals surface area contributed by atoms with Gasteiger partial charge in [0.25, 0.3) is 5.91 Å². The molecule has 0 aliphatic carbocycles. The summed E-state index contributed by atoms with van der Waals surface area (Å²) in [6.45, 7) is 0.283. The zero-order valence-corrected chi connectivity index (χ0v) is 13.9. The first-order valence-corrected chi connectivity index (χ1v) is 7.79. The first kappa shape index (κ1) is 15.1. The zero-order chi connectivity index (χ0) is 14.7. The molecule has 2 N–H and O–H groups in total. The van der Waals surface area contributed by atoms with Crippen molar-refractivity contribution in [1.29, 1.82) is 0 Å². The van der Waals surface area contributed by atoms with Gasteiger partial charge in [0.2, 0.25) is 0 Å². The predicted octanol–water partition coefficient (Wildman–Crippen LogP) is 3.30. The minimum absolute atomic E-state index is 0.0235. The molecule has 0 spiro atoms. The second-order valence-electron chi connectivity index (χ2n) is 3.78. The number of carboxylic acids is 1. The van der Waals surface area contributed by atoms with Crippen molar-refractivity contribution in [2.24, 2.45) is 0 Å². The van der Waals surface area contributed by atoms with Gasteiger partial charge >= 0.3 is 5.97 Å². The smallest absolute Gasteiger partial charge is 0.354 e. The maximum atomic E-state index is 12.0. The quantitative estimate of drug-likeness (QED) is 0.796. The number of aromatic nitrogens is 1. The lowest BCUT2D eigenvalue weighted by molar-refractivity contribution is 0.0690. The van der Waals surface area contributed by atoms with Crippen molar-refractivity contribution in [3.8, 4) is 0 Å². The molecule has 2 heterocycles. The van der Waals surface area contributed by atoms with Crippen molar-refractivity contribution in [3.05, 3.63) is 48.8 Å². The number of nitrogens with zero attached hydrogens (tertiary/aromatic N) is 1. The number of aromatic carboxylic acids is 1. The van der Waals surface area contributed by atoms with Crippen molar-refractivity contribution in [3.63, 3.8) is 0 Å². The number of nitrogens with one attached hydrogen (secondary N) is 1. The number of hydrogen-bond donors (Lipinski definition) is 2. The van der Waals surface area contributed by atoms with Crippen LogP contribution in [-0.2, 0) is 6.54 Å². The summed E-state index contributed by atoms with van der Waals surface area (Å²) in [6.07, 6.45) is 1.43. The average Bonchev–Trinajstić information content (AvgIpc) is 2.75. The molecule has 5 nitrogen and oxygen atoms in total.